The average molecular weight is 236 g/mol. The van der Waals surface area contributed by atoms with Crippen molar-refractivity contribution in [3.63, 3.8) is 0 Å². The first kappa shape index (κ1) is 14.2. The van der Waals surface area contributed by atoms with Crippen LogP contribution in [0.15, 0.2) is 23.8 Å². The molecular formula is C15H24O2. The number of hydrogen-bond acceptors (Lipinski definition) is 2. The number of carbonyl (C=O) groups is 1. The molecule has 0 aromatic carbocycles. The summed E-state index contributed by atoms with van der Waals surface area (Å²) in [6, 6.07) is 0. The van der Waals surface area contributed by atoms with E-state index in [2.05, 4.69) is 32.1 Å². The summed E-state index contributed by atoms with van der Waals surface area (Å²) in [4.78, 5) is 12.1. The van der Waals surface area contributed by atoms with Gasteiger partial charge in [-0.05, 0) is 19.8 Å². The zero-order valence-electron chi connectivity index (χ0n) is 11.2. The third kappa shape index (κ3) is 4.12. The van der Waals surface area contributed by atoms with Crippen molar-refractivity contribution < 1.29 is 9.53 Å². The highest BCUT2D eigenvalue weighted by atomic mass is 16.5. The van der Waals surface area contributed by atoms with Crippen molar-refractivity contribution in [2.75, 3.05) is 7.11 Å². The normalized spacial score (nSPS) is 21.1. The Balaban J connectivity index is 2.57. The van der Waals surface area contributed by atoms with Crippen LogP contribution in [0.1, 0.15) is 46.0 Å². The van der Waals surface area contributed by atoms with Crippen LogP contribution < -0.4 is 0 Å². The van der Waals surface area contributed by atoms with Crippen molar-refractivity contribution in [1.82, 2.24) is 0 Å². The van der Waals surface area contributed by atoms with Gasteiger partial charge in [0.25, 0.3) is 0 Å². The lowest BCUT2D eigenvalue weighted by atomic mass is 9.86. The molecule has 2 heteroatoms. The molecule has 1 aliphatic rings. The van der Waals surface area contributed by atoms with Crippen molar-refractivity contribution >= 4 is 5.78 Å². The zero-order valence-corrected chi connectivity index (χ0v) is 11.2. The average Bonchev–Trinajstić information content (AvgIpc) is 2.33. The SMILES string of the molecule is CCCCCC(=O)C(OC)C1C=CCC=C1C. The Hall–Kier alpha value is -0.890. The molecule has 0 aliphatic heterocycles. The summed E-state index contributed by atoms with van der Waals surface area (Å²) < 4.78 is 5.41. The summed E-state index contributed by atoms with van der Waals surface area (Å²) in [5.74, 6) is 0.383. The van der Waals surface area contributed by atoms with Gasteiger partial charge in [-0.25, -0.2) is 0 Å². The minimum atomic E-state index is -0.292. The zero-order chi connectivity index (χ0) is 12.7. The third-order valence-corrected chi connectivity index (χ3v) is 3.37. The monoisotopic (exact) mass is 236 g/mol. The summed E-state index contributed by atoms with van der Waals surface area (Å²) in [7, 11) is 1.64. The second-order valence-electron chi connectivity index (χ2n) is 4.72. The fraction of sp³-hybridized carbons (Fsp3) is 0.667. The van der Waals surface area contributed by atoms with Crippen molar-refractivity contribution in [3.8, 4) is 0 Å². The van der Waals surface area contributed by atoms with E-state index >= 15 is 0 Å². The van der Waals surface area contributed by atoms with Crippen LogP contribution >= 0.6 is 0 Å². The number of ether oxygens (including phenoxy) is 1. The van der Waals surface area contributed by atoms with Gasteiger partial charge in [-0.1, -0.05) is 43.6 Å². The molecule has 2 unspecified atom stereocenters. The molecule has 0 saturated heterocycles. The second-order valence-corrected chi connectivity index (χ2v) is 4.72. The Bertz CT molecular complexity index is 302. The molecule has 0 heterocycles. The molecular weight excluding hydrogens is 212 g/mol. The van der Waals surface area contributed by atoms with Gasteiger partial charge >= 0.3 is 0 Å². The van der Waals surface area contributed by atoms with E-state index < -0.39 is 0 Å². The Morgan fingerprint density at radius 2 is 2.29 bits per heavy atom. The van der Waals surface area contributed by atoms with Crippen LogP contribution in [0.5, 0.6) is 0 Å². The molecule has 0 N–H and O–H groups in total. The topological polar surface area (TPSA) is 26.3 Å². The number of unbranched alkanes of at least 4 members (excludes halogenated alkanes) is 2. The fourth-order valence-corrected chi connectivity index (χ4v) is 2.28. The lowest BCUT2D eigenvalue weighted by Crippen LogP contribution is -2.32. The summed E-state index contributed by atoms with van der Waals surface area (Å²) in [5.41, 5.74) is 1.25. The van der Waals surface area contributed by atoms with Crippen LogP contribution in [0.2, 0.25) is 0 Å². The standard InChI is InChI=1S/C15H24O2/c1-4-5-6-11-14(16)15(17-3)13-10-8-7-9-12(13)2/h8-10,13,15H,4-7,11H2,1-3H3. The lowest BCUT2D eigenvalue weighted by Gasteiger charge is -2.25. The van der Waals surface area contributed by atoms with Gasteiger partial charge < -0.3 is 4.74 Å². The summed E-state index contributed by atoms with van der Waals surface area (Å²) in [6.07, 6.45) is 11.0. The number of methoxy groups -OCH3 is 1. The van der Waals surface area contributed by atoms with Gasteiger partial charge in [0.15, 0.2) is 5.78 Å². The van der Waals surface area contributed by atoms with Gasteiger partial charge in [0.2, 0.25) is 0 Å². The van der Waals surface area contributed by atoms with Crippen LogP contribution in [0.25, 0.3) is 0 Å². The van der Waals surface area contributed by atoms with Gasteiger partial charge in [0, 0.05) is 19.4 Å². The van der Waals surface area contributed by atoms with Gasteiger partial charge in [0.05, 0.1) is 0 Å². The van der Waals surface area contributed by atoms with E-state index in [1.807, 2.05) is 0 Å². The first-order valence-corrected chi connectivity index (χ1v) is 6.59. The maximum absolute atomic E-state index is 12.1. The van der Waals surface area contributed by atoms with Crippen molar-refractivity contribution in [3.05, 3.63) is 23.8 Å². The summed E-state index contributed by atoms with van der Waals surface area (Å²) in [5, 5.41) is 0. The van der Waals surface area contributed by atoms with Gasteiger partial charge in [-0.3, -0.25) is 4.79 Å². The number of hydrogen-bond donors (Lipinski definition) is 0. The molecule has 0 aromatic rings. The van der Waals surface area contributed by atoms with Crippen LogP contribution in [-0.4, -0.2) is 19.0 Å². The number of carbonyl (C=O) groups excluding carboxylic acids is 1. The molecule has 0 bridgehead atoms. The highest BCUT2D eigenvalue weighted by Crippen LogP contribution is 2.25. The van der Waals surface area contributed by atoms with Crippen LogP contribution in [0, 0.1) is 5.92 Å². The van der Waals surface area contributed by atoms with Crippen LogP contribution in [0.4, 0.5) is 0 Å². The Labute approximate surface area is 105 Å². The molecule has 0 fully saturated rings. The number of Topliss-reactive ketones (excluding diaryl/α,β-unsaturated/α-hetero) is 1. The first-order chi connectivity index (χ1) is 8.20. The Morgan fingerprint density at radius 3 is 2.88 bits per heavy atom. The second kappa shape index (κ2) is 7.44. The minimum Gasteiger partial charge on any atom is -0.373 e. The van der Waals surface area contributed by atoms with E-state index in [1.165, 1.54) is 5.57 Å². The van der Waals surface area contributed by atoms with Crippen molar-refractivity contribution in [1.29, 1.82) is 0 Å². The predicted octanol–water partition coefficient (Wildman–Crippen LogP) is 3.67. The van der Waals surface area contributed by atoms with Crippen LogP contribution in [0.3, 0.4) is 0 Å². The third-order valence-electron chi connectivity index (χ3n) is 3.37. The highest BCUT2D eigenvalue weighted by Gasteiger charge is 2.27. The highest BCUT2D eigenvalue weighted by molar-refractivity contribution is 5.84. The van der Waals surface area contributed by atoms with Gasteiger partial charge in [-0.2, -0.15) is 0 Å². The molecule has 1 rings (SSSR count). The molecule has 0 spiro atoms. The first-order valence-electron chi connectivity index (χ1n) is 6.59. The lowest BCUT2D eigenvalue weighted by molar-refractivity contribution is -0.130. The maximum Gasteiger partial charge on any atom is 0.162 e. The molecule has 1 aliphatic carbocycles. The predicted molar refractivity (Wildman–Crippen MR) is 71.0 cm³/mol. The molecule has 0 saturated carbocycles. The van der Waals surface area contributed by atoms with Gasteiger partial charge in [0.1, 0.15) is 6.10 Å². The summed E-state index contributed by atoms with van der Waals surface area (Å²) in [6.45, 7) is 4.23. The molecule has 0 radical (unpaired) electrons. The van der Waals surface area contributed by atoms with Crippen molar-refractivity contribution in [2.45, 2.75) is 52.1 Å². The van der Waals surface area contributed by atoms with Crippen LogP contribution in [-0.2, 0) is 9.53 Å². The quantitative estimate of drug-likeness (QED) is 0.498. The van der Waals surface area contributed by atoms with E-state index in [-0.39, 0.29) is 17.8 Å². The Morgan fingerprint density at radius 1 is 1.53 bits per heavy atom. The molecule has 2 nitrogen and oxygen atoms in total. The number of ketones is 1. The molecule has 0 aromatic heterocycles. The number of allylic oxidation sites excluding steroid dienone is 2. The van der Waals surface area contributed by atoms with E-state index in [9.17, 15) is 4.79 Å². The molecule has 0 amide bonds. The Kier molecular flexibility index (Phi) is 6.20. The van der Waals surface area contributed by atoms with E-state index in [1.54, 1.807) is 7.11 Å². The van der Waals surface area contributed by atoms with E-state index in [0.29, 0.717) is 6.42 Å². The van der Waals surface area contributed by atoms with E-state index in [0.717, 1.165) is 25.7 Å². The molecule has 96 valence electrons. The molecule has 2 atom stereocenters. The smallest absolute Gasteiger partial charge is 0.162 e. The van der Waals surface area contributed by atoms with Crippen molar-refractivity contribution in [2.24, 2.45) is 5.92 Å². The van der Waals surface area contributed by atoms with Gasteiger partial charge in [-0.15, -0.1) is 0 Å². The summed E-state index contributed by atoms with van der Waals surface area (Å²) >= 11 is 0. The fourth-order valence-electron chi connectivity index (χ4n) is 2.28. The largest absolute Gasteiger partial charge is 0.373 e. The van der Waals surface area contributed by atoms with E-state index in [4.69, 9.17) is 4.74 Å². The molecule has 17 heavy (non-hydrogen) atoms. The maximum atomic E-state index is 12.1. The minimum absolute atomic E-state index is 0.142. The number of rotatable bonds is 7.